The van der Waals surface area contributed by atoms with E-state index in [1.807, 2.05) is 43.3 Å². The van der Waals surface area contributed by atoms with E-state index in [1.54, 1.807) is 22.4 Å². The molecule has 1 amide bonds. The molecule has 29 heavy (non-hydrogen) atoms. The van der Waals surface area contributed by atoms with Crippen molar-refractivity contribution in [2.45, 2.75) is 6.92 Å². The molecule has 5 rings (SSSR count). The van der Waals surface area contributed by atoms with Crippen molar-refractivity contribution in [3.05, 3.63) is 53.9 Å². The Morgan fingerprint density at radius 1 is 1.07 bits per heavy atom. The van der Waals surface area contributed by atoms with E-state index < -0.39 is 11.7 Å². The molecule has 8 heteroatoms. The Hall–Kier alpha value is -3.26. The molecule has 7 nitrogen and oxygen atoms in total. The molecule has 4 aromatic rings. The van der Waals surface area contributed by atoms with Crippen molar-refractivity contribution in [3.8, 4) is 0 Å². The lowest BCUT2D eigenvalue weighted by Gasteiger charge is -2.34. The number of para-hydroxylation sites is 1. The number of carbonyl (C=O) groups is 2. The first-order valence-electron chi connectivity index (χ1n) is 9.49. The molecule has 1 aliphatic rings. The van der Waals surface area contributed by atoms with E-state index in [1.165, 1.54) is 0 Å². The molecule has 1 aliphatic heterocycles. The third kappa shape index (κ3) is 3.05. The van der Waals surface area contributed by atoms with Gasteiger partial charge in [-0.05, 0) is 25.1 Å². The minimum atomic E-state index is -0.447. The minimum absolute atomic E-state index is 0.441. The smallest absolute Gasteiger partial charge is 0.295 e. The van der Waals surface area contributed by atoms with E-state index in [9.17, 15) is 9.59 Å². The van der Waals surface area contributed by atoms with Crippen LogP contribution in [0.5, 0.6) is 0 Å². The van der Waals surface area contributed by atoms with E-state index in [4.69, 9.17) is 0 Å². The van der Waals surface area contributed by atoms with E-state index >= 15 is 0 Å². The van der Waals surface area contributed by atoms with Crippen LogP contribution in [0.1, 0.15) is 16.1 Å². The van der Waals surface area contributed by atoms with E-state index in [0.717, 1.165) is 32.1 Å². The molecule has 0 unspecified atom stereocenters. The second-order valence-electron chi connectivity index (χ2n) is 7.10. The average molecular weight is 405 g/mol. The fourth-order valence-electron chi connectivity index (χ4n) is 3.81. The Bertz CT molecular complexity index is 1200. The Kier molecular flexibility index (Phi) is 4.28. The van der Waals surface area contributed by atoms with E-state index in [-0.39, 0.29) is 0 Å². The third-order valence-electron chi connectivity index (χ3n) is 5.31. The monoisotopic (exact) mass is 405 g/mol. The number of nitrogens with zero attached hydrogens (tertiary/aromatic N) is 4. The highest BCUT2D eigenvalue weighted by Crippen LogP contribution is 2.28. The van der Waals surface area contributed by atoms with Gasteiger partial charge in [0.05, 0.1) is 5.56 Å². The number of thiazole rings is 1. The van der Waals surface area contributed by atoms with Gasteiger partial charge in [-0.2, -0.15) is 0 Å². The molecule has 146 valence electrons. The number of ketones is 1. The molecule has 0 saturated carbocycles. The van der Waals surface area contributed by atoms with Gasteiger partial charge < -0.3 is 14.8 Å². The SMILES string of the molecule is Cc1[nH]c2ccccc2c1C(=O)C(=O)N1CCN(c2nc3cccnc3s2)CC1. The molecule has 4 heterocycles. The number of fused-ring (bicyclic) bond motifs is 2. The predicted molar refractivity (Wildman–Crippen MR) is 114 cm³/mol. The molecule has 3 aromatic heterocycles. The lowest BCUT2D eigenvalue weighted by Crippen LogP contribution is -2.50. The van der Waals surface area contributed by atoms with Crippen LogP contribution in [0.4, 0.5) is 5.13 Å². The molecule has 1 N–H and O–H groups in total. The lowest BCUT2D eigenvalue weighted by molar-refractivity contribution is -0.126. The first kappa shape index (κ1) is 17.8. The minimum Gasteiger partial charge on any atom is -0.358 e. The van der Waals surface area contributed by atoms with Crippen molar-refractivity contribution in [1.82, 2.24) is 19.9 Å². The quantitative estimate of drug-likeness (QED) is 0.419. The first-order chi connectivity index (χ1) is 14.1. The molecule has 1 aromatic carbocycles. The number of hydrogen-bond donors (Lipinski definition) is 1. The lowest BCUT2D eigenvalue weighted by atomic mass is 10.1. The maximum absolute atomic E-state index is 13.0. The molecule has 1 saturated heterocycles. The van der Waals surface area contributed by atoms with Gasteiger partial charge in [0.2, 0.25) is 0 Å². The van der Waals surface area contributed by atoms with Crippen LogP contribution < -0.4 is 4.90 Å². The Morgan fingerprint density at radius 3 is 2.66 bits per heavy atom. The van der Waals surface area contributed by atoms with Crippen molar-refractivity contribution < 1.29 is 9.59 Å². The number of aryl methyl sites for hydroxylation is 1. The highest BCUT2D eigenvalue weighted by Gasteiger charge is 2.30. The van der Waals surface area contributed by atoms with Gasteiger partial charge in [0.25, 0.3) is 11.7 Å². The number of rotatable bonds is 3. The Balaban J connectivity index is 1.32. The Morgan fingerprint density at radius 2 is 1.86 bits per heavy atom. The standard InChI is InChI=1S/C21H19N5O2S/c1-13-17(14-5-2-3-6-15(14)23-13)18(27)20(28)25-9-11-26(12-10-25)21-24-16-7-4-8-22-19(16)29-21/h2-8,23H,9-12H2,1H3. The second-order valence-corrected chi connectivity index (χ2v) is 8.06. The number of piperazine rings is 1. The molecule has 0 bridgehead atoms. The summed E-state index contributed by atoms with van der Waals surface area (Å²) in [4.78, 5) is 42.7. The van der Waals surface area contributed by atoms with Crippen LogP contribution >= 0.6 is 11.3 Å². The van der Waals surface area contributed by atoms with Gasteiger partial charge >= 0.3 is 0 Å². The van der Waals surface area contributed by atoms with Crippen LogP contribution in [0.2, 0.25) is 0 Å². The summed E-state index contributed by atoms with van der Waals surface area (Å²) in [5.74, 6) is -0.888. The number of H-pyrrole nitrogens is 1. The van der Waals surface area contributed by atoms with Crippen LogP contribution in [0.3, 0.4) is 0 Å². The number of aromatic nitrogens is 3. The molecule has 1 fully saturated rings. The summed E-state index contributed by atoms with van der Waals surface area (Å²) >= 11 is 1.55. The summed E-state index contributed by atoms with van der Waals surface area (Å²) in [6.45, 7) is 4.11. The first-order valence-corrected chi connectivity index (χ1v) is 10.3. The van der Waals surface area contributed by atoms with Gasteiger partial charge in [-0.1, -0.05) is 29.5 Å². The normalized spacial score (nSPS) is 14.7. The van der Waals surface area contributed by atoms with Crippen molar-refractivity contribution in [2.75, 3.05) is 31.1 Å². The van der Waals surface area contributed by atoms with Gasteiger partial charge in [0.1, 0.15) is 10.3 Å². The molecular formula is C21H19N5O2S. The summed E-state index contributed by atoms with van der Waals surface area (Å²) in [6.07, 6.45) is 1.76. The second kappa shape index (κ2) is 6.97. The van der Waals surface area contributed by atoms with Crippen LogP contribution in [-0.4, -0.2) is 57.7 Å². The van der Waals surface area contributed by atoms with Crippen LogP contribution in [0.15, 0.2) is 42.6 Å². The number of pyridine rings is 1. The number of anilines is 1. The van der Waals surface area contributed by atoms with Gasteiger partial charge in [-0.3, -0.25) is 9.59 Å². The number of carbonyl (C=O) groups excluding carboxylic acids is 2. The molecule has 0 aliphatic carbocycles. The number of Topliss-reactive ketones (excluding diaryl/α,β-unsaturated/α-hetero) is 1. The number of hydrogen-bond acceptors (Lipinski definition) is 6. The summed E-state index contributed by atoms with van der Waals surface area (Å²) < 4.78 is 0. The zero-order valence-corrected chi connectivity index (χ0v) is 16.7. The highest BCUT2D eigenvalue weighted by atomic mass is 32.1. The Labute approximate surface area is 171 Å². The summed E-state index contributed by atoms with van der Waals surface area (Å²) in [7, 11) is 0. The maximum atomic E-state index is 13.0. The van der Waals surface area contributed by atoms with E-state index in [0.29, 0.717) is 31.7 Å². The number of aromatic amines is 1. The van der Waals surface area contributed by atoms with E-state index in [2.05, 4.69) is 19.9 Å². The summed E-state index contributed by atoms with van der Waals surface area (Å²) in [5, 5.41) is 1.70. The van der Waals surface area contributed by atoms with Crippen molar-refractivity contribution in [2.24, 2.45) is 0 Å². The zero-order chi connectivity index (χ0) is 20.0. The molecular weight excluding hydrogens is 386 g/mol. The molecule has 0 radical (unpaired) electrons. The van der Waals surface area contributed by atoms with Crippen molar-refractivity contribution >= 4 is 49.4 Å². The maximum Gasteiger partial charge on any atom is 0.295 e. The van der Waals surface area contributed by atoms with Crippen LogP contribution in [0.25, 0.3) is 21.3 Å². The fraction of sp³-hybridized carbons (Fsp3) is 0.238. The van der Waals surface area contributed by atoms with Crippen LogP contribution in [0, 0.1) is 6.92 Å². The van der Waals surface area contributed by atoms with Crippen molar-refractivity contribution in [1.29, 1.82) is 0 Å². The van der Waals surface area contributed by atoms with Gasteiger partial charge in [-0.15, -0.1) is 0 Å². The predicted octanol–water partition coefficient (Wildman–Crippen LogP) is 3.01. The third-order valence-corrected chi connectivity index (χ3v) is 6.35. The van der Waals surface area contributed by atoms with Gasteiger partial charge in [0.15, 0.2) is 5.13 Å². The largest absolute Gasteiger partial charge is 0.358 e. The molecule has 0 spiro atoms. The molecule has 0 atom stereocenters. The van der Waals surface area contributed by atoms with Crippen molar-refractivity contribution in [3.63, 3.8) is 0 Å². The average Bonchev–Trinajstić information content (AvgIpc) is 3.33. The van der Waals surface area contributed by atoms with Gasteiger partial charge in [0, 0.05) is 49.0 Å². The van der Waals surface area contributed by atoms with Crippen LogP contribution in [-0.2, 0) is 4.79 Å². The van der Waals surface area contributed by atoms with Gasteiger partial charge in [-0.25, -0.2) is 9.97 Å². The number of amides is 1. The fourth-order valence-corrected chi connectivity index (χ4v) is 4.77. The zero-order valence-electron chi connectivity index (χ0n) is 15.9. The highest BCUT2D eigenvalue weighted by molar-refractivity contribution is 7.21. The number of benzene rings is 1. The number of nitrogens with one attached hydrogen (secondary N) is 1. The summed E-state index contributed by atoms with van der Waals surface area (Å²) in [6, 6.07) is 11.4. The topological polar surface area (TPSA) is 82.2 Å². The summed E-state index contributed by atoms with van der Waals surface area (Å²) in [5.41, 5.74) is 2.96.